The molecule has 5 aromatic rings. The van der Waals surface area contributed by atoms with E-state index in [4.69, 9.17) is 0 Å². The second kappa shape index (κ2) is 7.75. The van der Waals surface area contributed by atoms with E-state index in [9.17, 15) is 9.18 Å². The van der Waals surface area contributed by atoms with Gasteiger partial charge in [-0.05, 0) is 48.7 Å². The zero-order valence-corrected chi connectivity index (χ0v) is 18.4. The molecular weight excluding hydrogens is 433 g/mol. The highest BCUT2D eigenvalue weighted by molar-refractivity contribution is 7.17. The Hall–Kier alpha value is -3.30. The smallest absolute Gasteiger partial charge is 0.269 e. The minimum atomic E-state index is -0.269. The van der Waals surface area contributed by atoms with Gasteiger partial charge in [-0.15, -0.1) is 11.3 Å². The average molecular weight is 452 g/mol. The number of hydrogen-bond donors (Lipinski definition) is 1. The molecule has 0 aliphatic carbocycles. The van der Waals surface area contributed by atoms with Crippen LogP contribution in [0.2, 0.25) is 0 Å². The van der Waals surface area contributed by atoms with E-state index in [0.29, 0.717) is 12.2 Å². The molecule has 1 N–H and O–H groups in total. The van der Waals surface area contributed by atoms with Gasteiger partial charge in [0.05, 0.1) is 17.1 Å². The maximum atomic E-state index is 13.2. The number of aromatic nitrogens is 4. The van der Waals surface area contributed by atoms with E-state index in [1.165, 1.54) is 23.5 Å². The van der Waals surface area contributed by atoms with Crippen molar-refractivity contribution >= 4 is 33.5 Å². The first kappa shape index (κ1) is 19.7. The maximum absolute atomic E-state index is 13.2. The molecule has 0 saturated carbocycles. The number of benzene rings is 1. The highest BCUT2D eigenvalue weighted by Gasteiger charge is 2.17. The summed E-state index contributed by atoms with van der Waals surface area (Å²) in [6.45, 7) is 2.41. The van der Waals surface area contributed by atoms with Crippen molar-refractivity contribution in [3.05, 3.63) is 76.1 Å². The van der Waals surface area contributed by atoms with Crippen LogP contribution in [0.4, 0.5) is 4.39 Å². The van der Waals surface area contributed by atoms with E-state index >= 15 is 0 Å². The fourth-order valence-corrected chi connectivity index (χ4v) is 5.12. The van der Waals surface area contributed by atoms with Crippen molar-refractivity contribution in [2.75, 3.05) is 0 Å². The monoisotopic (exact) mass is 451 g/mol. The Morgan fingerprint density at radius 3 is 2.71 bits per heavy atom. The molecule has 1 amide bonds. The van der Waals surface area contributed by atoms with Gasteiger partial charge in [-0.3, -0.25) is 13.9 Å². The Balaban J connectivity index is 1.33. The highest BCUT2D eigenvalue weighted by Crippen LogP contribution is 2.28. The molecule has 1 aromatic carbocycles. The van der Waals surface area contributed by atoms with Crippen LogP contribution in [0.25, 0.3) is 26.8 Å². The molecule has 9 heteroatoms. The predicted octanol–water partition coefficient (Wildman–Crippen LogP) is 4.90. The SMILES string of the molecule is Cc1c(CNC(=O)c2cc(-c3cccs3)nn2C)sc2nc(-c3ccc(F)cc3)cn12. The maximum Gasteiger partial charge on any atom is 0.269 e. The first-order chi connectivity index (χ1) is 15.0. The fraction of sp³-hybridized carbons (Fsp3) is 0.136. The first-order valence-electron chi connectivity index (χ1n) is 9.59. The lowest BCUT2D eigenvalue weighted by atomic mass is 10.2. The van der Waals surface area contributed by atoms with Gasteiger partial charge in [0.1, 0.15) is 17.2 Å². The van der Waals surface area contributed by atoms with Gasteiger partial charge in [-0.1, -0.05) is 17.4 Å². The summed E-state index contributed by atoms with van der Waals surface area (Å²) in [5.41, 5.74) is 3.98. The molecule has 0 spiro atoms. The second-order valence-electron chi connectivity index (χ2n) is 7.09. The number of fused-ring (bicyclic) bond motifs is 1. The summed E-state index contributed by atoms with van der Waals surface area (Å²) < 4.78 is 16.8. The number of thiazole rings is 1. The van der Waals surface area contributed by atoms with Crippen LogP contribution in [0, 0.1) is 12.7 Å². The van der Waals surface area contributed by atoms with E-state index in [2.05, 4.69) is 15.4 Å². The van der Waals surface area contributed by atoms with Crippen molar-refractivity contribution in [3.8, 4) is 21.8 Å². The summed E-state index contributed by atoms with van der Waals surface area (Å²) in [7, 11) is 1.77. The molecule has 0 aliphatic rings. The topological polar surface area (TPSA) is 64.2 Å². The molecule has 0 radical (unpaired) electrons. The van der Waals surface area contributed by atoms with E-state index in [1.807, 2.05) is 41.1 Å². The Kier molecular flexibility index (Phi) is 4.91. The minimum Gasteiger partial charge on any atom is -0.346 e. The van der Waals surface area contributed by atoms with Gasteiger partial charge >= 0.3 is 0 Å². The molecule has 6 nitrogen and oxygen atoms in total. The molecule has 4 aromatic heterocycles. The second-order valence-corrected chi connectivity index (χ2v) is 9.10. The molecule has 0 saturated heterocycles. The lowest BCUT2D eigenvalue weighted by Gasteiger charge is -2.04. The number of nitrogens with zero attached hydrogens (tertiary/aromatic N) is 4. The van der Waals surface area contributed by atoms with Gasteiger partial charge < -0.3 is 5.32 Å². The van der Waals surface area contributed by atoms with Crippen LogP contribution in [0.1, 0.15) is 21.1 Å². The van der Waals surface area contributed by atoms with Crippen LogP contribution in [0.15, 0.2) is 54.0 Å². The third kappa shape index (κ3) is 3.66. The molecule has 0 atom stereocenters. The molecule has 5 rings (SSSR count). The van der Waals surface area contributed by atoms with Gasteiger partial charge in [0.2, 0.25) is 0 Å². The highest BCUT2D eigenvalue weighted by atomic mass is 32.1. The average Bonchev–Trinajstić information content (AvgIpc) is 3.53. The lowest BCUT2D eigenvalue weighted by molar-refractivity contribution is 0.0942. The number of aryl methyl sites for hydroxylation is 2. The largest absolute Gasteiger partial charge is 0.346 e. The number of nitrogens with one attached hydrogen (secondary N) is 1. The van der Waals surface area contributed by atoms with Crippen molar-refractivity contribution in [2.45, 2.75) is 13.5 Å². The number of amides is 1. The zero-order chi connectivity index (χ0) is 21.5. The number of carbonyl (C=O) groups is 1. The van der Waals surface area contributed by atoms with Crippen LogP contribution in [0.3, 0.4) is 0 Å². The Bertz CT molecular complexity index is 1380. The van der Waals surface area contributed by atoms with Gasteiger partial charge in [0, 0.05) is 29.4 Å². The summed E-state index contributed by atoms with van der Waals surface area (Å²) >= 11 is 3.12. The van der Waals surface area contributed by atoms with Gasteiger partial charge in [-0.25, -0.2) is 9.37 Å². The van der Waals surface area contributed by atoms with E-state index in [0.717, 1.165) is 37.4 Å². The molecule has 0 bridgehead atoms. The third-order valence-corrected chi connectivity index (χ3v) is 7.14. The molecule has 4 heterocycles. The van der Waals surface area contributed by atoms with Crippen molar-refractivity contribution in [2.24, 2.45) is 7.05 Å². The predicted molar refractivity (Wildman–Crippen MR) is 121 cm³/mol. The molecule has 0 aliphatic heterocycles. The number of rotatable bonds is 5. The van der Waals surface area contributed by atoms with Crippen LogP contribution < -0.4 is 5.32 Å². The van der Waals surface area contributed by atoms with Gasteiger partial charge in [0.25, 0.3) is 5.91 Å². The summed E-state index contributed by atoms with van der Waals surface area (Å²) in [5, 5.41) is 9.43. The minimum absolute atomic E-state index is 0.171. The van der Waals surface area contributed by atoms with E-state index in [-0.39, 0.29) is 11.7 Å². The Labute approximate surface area is 185 Å². The molecular formula is C22H18FN5OS2. The summed E-state index contributed by atoms with van der Waals surface area (Å²) in [5.74, 6) is -0.440. The summed E-state index contributed by atoms with van der Waals surface area (Å²) in [4.78, 5) is 20.3. The van der Waals surface area contributed by atoms with Crippen LogP contribution in [-0.2, 0) is 13.6 Å². The van der Waals surface area contributed by atoms with Crippen LogP contribution in [0.5, 0.6) is 0 Å². The molecule has 156 valence electrons. The van der Waals surface area contributed by atoms with Crippen LogP contribution in [-0.4, -0.2) is 25.1 Å². The van der Waals surface area contributed by atoms with Gasteiger partial charge in [0.15, 0.2) is 4.96 Å². The molecule has 0 unspecified atom stereocenters. The van der Waals surface area contributed by atoms with E-state index in [1.54, 1.807) is 35.2 Å². The number of imidazole rings is 1. The lowest BCUT2D eigenvalue weighted by Crippen LogP contribution is -2.25. The summed E-state index contributed by atoms with van der Waals surface area (Å²) in [6, 6.07) is 12.1. The van der Waals surface area contributed by atoms with Gasteiger partial charge in [-0.2, -0.15) is 5.10 Å². The van der Waals surface area contributed by atoms with Crippen molar-refractivity contribution in [1.29, 1.82) is 0 Å². The fourth-order valence-electron chi connectivity index (χ4n) is 3.39. The number of carbonyl (C=O) groups excluding carboxylic acids is 1. The first-order valence-corrected chi connectivity index (χ1v) is 11.3. The van der Waals surface area contributed by atoms with Crippen molar-refractivity contribution in [3.63, 3.8) is 0 Å². The number of halogens is 1. The Morgan fingerprint density at radius 1 is 1.19 bits per heavy atom. The van der Waals surface area contributed by atoms with Crippen molar-refractivity contribution in [1.82, 2.24) is 24.5 Å². The Morgan fingerprint density at radius 2 is 2.00 bits per heavy atom. The standard InChI is InChI=1S/C22H18FN5OS2/c1-13-20(31-22-25-17(12-28(13)22)14-5-7-15(23)8-6-14)11-24-21(29)18-10-16(26-27(18)2)19-4-3-9-30-19/h3-10,12H,11H2,1-2H3,(H,24,29). The quantitative estimate of drug-likeness (QED) is 0.413. The number of hydrogen-bond acceptors (Lipinski definition) is 5. The third-order valence-electron chi connectivity index (χ3n) is 5.09. The normalized spacial score (nSPS) is 11.3. The zero-order valence-electron chi connectivity index (χ0n) is 16.8. The molecule has 31 heavy (non-hydrogen) atoms. The number of thiophene rings is 1. The van der Waals surface area contributed by atoms with Crippen molar-refractivity contribution < 1.29 is 9.18 Å². The molecule has 0 fully saturated rings. The van der Waals surface area contributed by atoms with Crippen LogP contribution >= 0.6 is 22.7 Å². The van der Waals surface area contributed by atoms with E-state index < -0.39 is 0 Å². The summed E-state index contributed by atoms with van der Waals surface area (Å²) in [6.07, 6.45) is 1.94.